The summed E-state index contributed by atoms with van der Waals surface area (Å²) in [6, 6.07) is 47.5. The molecular weight excluding hydrogens is 613 g/mol. The Bertz CT molecular complexity index is 2460. The third-order valence-corrected chi connectivity index (χ3v) is 10.2. The summed E-state index contributed by atoms with van der Waals surface area (Å²) < 4.78 is 6.54. The van der Waals surface area contributed by atoms with Crippen molar-refractivity contribution in [2.45, 2.75) is 38.6 Å². The molecule has 0 amide bonds. The lowest BCUT2D eigenvalue weighted by molar-refractivity contribution is 0.415. The highest BCUT2D eigenvalue weighted by atomic mass is 16.5. The van der Waals surface area contributed by atoms with E-state index in [2.05, 4.69) is 118 Å². The molecule has 5 nitrogen and oxygen atoms in total. The number of hydrogen-bond acceptors (Lipinski definition) is 5. The van der Waals surface area contributed by atoms with Gasteiger partial charge in [0.25, 0.3) is 0 Å². The molecule has 0 N–H and O–H groups in total. The van der Waals surface area contributed by atoms with Gasteiger partial charge in [0.1, 0.15) is 11.5 Å². The van der Waals surface area contributed by atoms with E-state index >= 15 is 0 Å². The van der Waals surface area contributed by atoms with Gasteiger partial charge in [-0.3, -0.25) is 4.99 Å². The molecule has 0 bridgehead atoms. The van der Waals surface area contributed by atoms with Gasteiger partial charge in [0.2, 0.25) is 0 Å². The Hall–Kier alpha value is -6.30. The minimum Gasteiger partial charge on any atom is -0.457 e. The van der Waals surface area contributed by atoms with E-state index in [1.807, 2.05) is 42.5 Å². The second-order valence-electron chi connectivity index (χ2n) is 13.6. The van der Waals surface area contributed by atoms with Crippen LogP contribution in [0.25, 0.3) is 21.9 Å². The first-order chi connectivity index (χ1) is 24.4. The highest BCUT2D eigenvalue weighted by Crippen LogP contribution is 2.49. The van der Waals surface area contributed by atoms with Gasteiger partial charge in [-0.1, -0.05) is 99.6 Å². The largest absolute Gasteiger partial charge is 0.457 e. The number of benzene rings is 6. The molecule has 0 saturated carbocycles. The fraction of sp³-hybridized carbons (Fsp3) is 0.156. The molecule has 0 aromatic heterocycles. The minimum atomic E-state index is -0.336. The molecule has 2 aliphatic rings. The third-order valence-electron chi connectivity index (χ3n) is 10.2. The monoisotopic (exact) mass is 646 g/mol. The maximum atomic E-state index is 9.55. The van der Waals surface area contributed by atoms with Crippen LogP contribution < -0.4 is 4.74 Å². The zero-order valence-corrected chi connectivity index (χ0v) is 28.2. The first kappa shape index (κ1) is 31.0. The summed E-state index contributed by atoms with van der Waals surface area (Å²) >= 11 is 0. The number of ether oxygens (including phenoxy) is 1. The summed E-state index contributed by atoms with van der Waals surface area (Å²) in [5, 5.41) is 21.0. The molecule has 2 heterocycles. The molecule has 0 aliphatic carbocycles. The number of aliphatic imine (C=N–C) groups is 2. The SMILES string of the molecule is CCC1C(c2ccccc2)=NC(c2cccc(-c3ccc4cc(C#N)ccc4c3)c2)=NC1c1ccc2c(c1)Oc1ccc(C#N)cc1C2(C)C. The summed E-state index contributed by atoms with van der Waals surface area (Å²) in [7, 11) is 0. The van der Waals surface area contributed by atoms with Crippen LogP contribution in [0.3, 0.4) is 0 Å². The van der Waals surface area contributed by atoms with Crippen molar-refractivity contribution in [1.29, 1.82) is 10.5 Å². The molecule has 2 atom stereocenters. The first-order valence-electron chi connectivity index (χ1n) is 17.0. The van der Waals surface area contributed by atoms with E-state index in [0.717, 1.165) is 73.3 Å². The van der Waals surface area contributed by atoms with E-state index in [9.17, 15) is 10.5 Å². The Morgan fingerprint density at radius 1 is 0.640 bits per heavy atom. The molecule has 2 aliphatic heterocycles. The van der Waals surface area contributed by atoms with Crippen molar-refractivity contribution >= 4 is 22.3 Å². The van der Waals surface area contributed by atoms with E-state index in [1.165, 1.54) is 0 Å². The average Bonchev–Trinajstić information content (AvgIpc) is 3.17. The summed E-state index contributed by atoms with van der Waals surface area (Å²) in [4.78, 5) is 10.7. The van der Waals surface area contributed by atoms with Crippen LogP contribution in [0, 0.1) is 28.6 Å². The number of amidine groups is 1. The Balaban J connectivity index is 1.22. The Labute approximate surface area is 292 Å². The molecule has 240 valence electrons. The average molecular weight is 647 g/mol. The van der Waals surface area contributed by atoms with Gasteiger partial charge in [0.15, 0.2) is 5.84 Å². The van der Waals surface area contributed by atoms with Gasteiger partial charge in [-0.05, 0) is 88.0 Å². The topological polar surface area (TPSA) is 81.5 Å². The molecule has 0 saturated heterocycles. The Morgan fingerprint density at radius 2 is 1.34 bits per heavy atom. The van der Waals surface area contributed by atoms with E-state index in [0.29, 0.717) is 17.0 Å². The van der Waals surface area contributed by atoms with Crippen molar-refractivity contribution in [1.82, 2.24) is 0 Å². The lowest BCUT2D eigenvalue weighted by Crippen LogP contribution is -2.29. The second-order valence-corrected chi connectivity index (χ2v) is 13.6. The van der Waals surface area contributed by atoms with E-state index in [4.69, 9.17) is 14.7 Å². The van der Waals surface area contributed by atoms with Crippen LogP contribution >= 0.6 is 0 Å². The van der Waals surface area contributed by atoms with Crippen LogP contribution in [0.1, 0.15) is 72.2 Å². The maximum Gasteiger partial charge on any atom is 0.155 e. The molecule has 5 heteroatoms. The summed E-state index contributed by atoms with van der Waals surface area (Å²) in [5.41, 5.74) is 9.36. The molecule has 0 spiro atoms. The lowest BCUT2D eigenvalue weighted by atomic mass is 9.74. The molecule has 0 fully saturated rings. The van der Waals surface area contributed by atoms with E-state index in [-0.39, 0.29) is 17.4 Å². The molecular formula is C45H34N4O. The van der Waals surface area contributed by atoms with Gasteiger partial charge in [-0.15, -0.1) is 0 Å². The van der Waals surface area contributed by atoms with Gasteiger partial charge in [0.05, 0.1) is 35.0 Å². The maximum absolute atomic E-state index is 9.55. The number of hydrogen-bond donors (Lipinski definition) is 0. The smallest absolute Gasteiger partial charge is 0.155 e. The fourth-order valence-electron chi connectivity index (χ4n) is 7.44. The van der Waals surface area contributed by atoms with Crippen molar-refractivity contribution < 1.29 is 4.74 Å². The Morgan fingerprint density at radius 3 is 2.14 bits per heavy atom. The van der Waals surface area contributed by atoms with Gasteiger partial charge >= 0.3 is 0 Å². The zero-order valence-electron chi connectivity index (χ0n) is 28.2. The molecule has 2 unspecified atom stereocenters. The van der Waals surface area contributed by atoms with Gasteiger partial charge in [0, 0.05) is 28.0 Å². The molecule has 50 heavy (non-hydrogen) atoms. The number of rotatable bonds is 5. The summed E-state index contributed by atoms with van der Waals surface area (Å²) in [5.74, 6) is 2.36. The van der Waals surface area contributed by atoms with E-state index in [1.54, 1.807) is 0 Å². The van der Waals surface area contributed by atoms with Crippen LogP contribution in [-0.2, 0) is 5.41 Å². The first-order valence-corrected chi connectivity index (χ1v) is 17.0. The van der Waals surface area contributed by atoms with Gasteiger partial charge < -0.3 is 4.74 Å². The Kier molecular flexibility index (Phi) is 7.62. The van der Waals surface area contributed by atoms with Crippen LogP contribution in [0.5, 0.6) is 11.5 Å². The fourth-order valence-corrected chi connectivity index (χ4v) is 7.44. The van der Waals surface area contributed by atoms with Crippen molar-refractivity contribution in [2.24, 2.45) is 15.9 Å². The standard InChI is InChI=1S/C45H34N4O/c1-4-37-42(30-9-6-5-7-10-30)48-44(36-12-8-11-31(24-36)34-17-16-32-21-28(26-46)13-15-33(32)23-34)49-43(37)35-18-19-38-41(25-35)50-40-20-14-29(27-47)22-39(40)45(38,2)3/h5-25,37,43H,4H2,1-3H3. The predicted molar refractivity (Wildman–Crippen MR) is 200 cm³/mol. The van der Waals surface area contributed by atoms with Crippen molar-refractivity contribution in [2.75, 3.05) is 0 Å². The van der Waals surface area contributed by atoms with E-state index < -0.39 is 0 Å². The quantitative estimate of drug-likeness (QED) is 0.187. The molecule has 6 aromatic carbocycles. The molecule has 6 aromatic rings. The lowest BCUT2D eigenvalue weighted by Gasteiger charge is -2.36. The molecule has 0 radical (unpaired) electrons. The van der Waals surface area contributed by atoms with Crippen LogP contribution in [0.15, 0.2) is 137 Å². The highest BCUT2D eigenvalue weighted by molar-refractivity contribution is 6.15. The van der Waals surface area contributed by atoms with Gasteiger partial charge in [-0.2, -0.15) is 10.5 Å². The predicted octanol–water partition coefficient (Wildman–Crippen LogP) is 10.7. The van der Waals surface area contributed by atoms with Crippen LogP contribution in [0.2, 0.25) is 0 Å². The van der Waals surface area contributed by atoms with Crippen molar-refractivity contribution in [3.8, 4) is 34.8 Å². The molecule has 8 rings (SSSR count). The van der Waals surface area contributed by atoms with Crippen LogP contribution in [-0.4, -0.2) is 11.5 Å². The number of nitriles is 2. The highest BCUT2D eigenvalue weighted by Gasteiger charge is 2.37. The zero-order chi connectivity index (χ0) is 34.4. The number of fused-ring (bicyclic) bond motifs is 3. The van der Waals surface area contributed by atoms with Gasteiger partial charge in [-0.25, -0.2) is 4.99 Å². The summed E-state index contributed by atoms with van der Waals surface area (Å²) in [6.45, 7) is 6.58. The van der Waals surface area contributed by atoms with Crippen LogP contribution in [0.4, 0.5) is 0 Å². The normalized spacial score (nSPS) is 17.3. The van der Waals surface area contributed by atoms with Crippen molar-refractivity contribution in [3.05, 3.63) is 166 Å². The minimum absolute atomic E-state index is 0.0586. The number of nitrogens with zero attached hydrogens (tertiary/aromatic N) is 4. The summed E-state index contributed by atoms with van der Waals surface area (Å²) in [6.07, 6.45) is 0.864. The third kappa shape index (κ3) is 5.34. The van der Waals surface area contributed by atoms with Crippen molar-refractivity contribution in [3.63, 3.8) is 0 Å². The second kappa shape index (κ2) is 12.3.